The van der Waals surface area contributed by atoms with Crippen LogP contribution in [0.3, 0.4) is 0 Å². The van der Waals surface area contributed by atoms with Gasteiger partial charge >= 0.3 is 0 Å². The molecule has 1 atom stereocenters. The van der Waals surface area contributed by atoms with Crippen LogP contribution in [-0.4, -0.2) is 32.7 Å². The van der Waals surface area contributed by atoms with Crippen molar-refractivity contribution in [2.24, 2.45) is 0 Å². The maximum Gasteiger partial charge on any atom is 0.242 e. The van der Waals surface area contributed by atoms with Crippen LogP contribution < -0.4 is 4.72 Å². The van der Waals surface area contributed by atoms with E-state index in [4.69, 9.17) is 27.9 Å². The summed E-state index contributed by atoms with van der Waals surface area (Å²) >= 11 is 11.3. The first-order valence-corrected chi connectivity index (χ1v) is 7.14. The highest BCUT2D eigenvalue weighted by atomic mass is 35.5. The minimum Gasteiger partial charge on any atom is -0.380 e. The van der Waals surface area contributed by atoms with Gasteiger partial charge in [0.05, 0.1) is 11.6 Å². The molecule has 1 fully saturated rings. The molecule has 5 nitrogen and oxygen atoms in total. The zero-order chi connectivity index (χ0) is 12.5. The van der Waals surface area contributed by atoms with Crippen molar-refractivity contribution < 1.29 is 13.2 Å². The van der Waals surface area contributed by atoms with E-state index in [0.29, 0.717) is 19.6 Å². The Bertz CT molecular complexity index is 515. The van der Waals surface area contributed by atoms with E-state index in [0.717, 1.165) is 0 Å². The van der Waals surface area contributed by atoms with Crippen LogP contribution in [0.25, 0.3) is 0 Å². The molecule has 1 aromatic rings. The molecule has 17 heavy (non-hydrogen) atoms. The Balaban J connectivity index is 2.21. The molecule has 94 valence electrons. The highest BCUT2D eigenvalue weighted by Gasteiger charge is 2.24. The number of pyridine rings is 1. The maximum absolute atomic E-state index is 11.9. The maximum atomic E-state index is 11.9. The van der Waals surface area contributed by atoms with Gasteiger partial charge in [0, 0.05) is 18.8 Å². The number of sulfonamides is 1. The number of rotatable bonds is 3. The van der Waals surface area contributed by atoms with Gasteiger partial charge in [-0.05, 0) is 12.5 Å². The van der Waals surface area contributed by atoms with Gasteiger partial charge in [-0.2, -0.15) is 0 Å². The number of nitrogens with one attached hydrogen (secondary N) is 1. The van der Waals surface area contributed by atoms with Gasteiger partial charge in [-0.15, -0.1) is 0 Å². The van der Waals surface area contributed by atoms with Crippen molar-refractivity contribution in [1.82, 2.24) is 9.71 Å². The first-order chi connectivity index (χ1) is 7.99. The highest BCUT2D eigenvalue weighted by molar-refractivity contribution is 7.89. The fourth-order valence-corrected chi connectivity index (χ4v) is 3.03. The van der Waals surface area contributed by atoms with Crippen LogP contribution in [0.1, 0.15) is 6.42 Å². The molecule has 1 aromatic heterocycles. The summed E-state index contributed by atoms with van der Waals surface area (Å²) in [5.74, 6) is 0. The second-order valence-electron chi connectivity index (χ2n) is 3.63. The average Bonchev–Trinajstić information content (AvgIpc) is 2.73. The van der Waals surface area contributed by atoms with Crippen molar-refractivity contribution in [3.63, 3.8) is 0 Å². The standard InChI is InChI=1S/C9H10Cl2N2O3S/c10-8-3-7(4-12-9(8)11)17(14,15)13-6-1-2-16-5-6/h3-4,6,13H,1-2,5H2. The van der Waals surface area contributed by atoms with E-state index in [1.807, 2.05) is 0 Å². The van der Waals surface area contributed by atoms with E-state index in [9.17, 15) is 8.42 Å². The van der Waals surface area contributed by atoms with Crippen LogP contribution in [0, 0.1) is 0 Å². The monoisotopic (exact) mass is 296 g/mol. The van der Waals surface area contributed by atoms with E-state index < -0.39 is 10.0 Å². The topological polar surface area (TPSA) is 68.3 Å². The molecule has 0 radical (unpaired) electrons. The van der Waals surface area contributed by atoms with Gasteiger partial charge in [0.25, 0.3) is 0 Å². The SMILES string of the molecule is O=S(=O)(NC1CCOC1)c1cnc(Cl)c(Cl)c1. The van der Waals surface area contributed by atoms with Crippen molar-refractivity contribution in [3.05, 3.63) is 22.4 Å². The van der Waals surface area contributed by atoms with Crippen LogP contribution in [0.15, 0.2) is 17.2 Å². The Kier molecular flexibility index (Phi) is 3.89. The van der Waals surface area contributed by atoms with Gasteiger partial charge in [-0.1, -0.05) is 23.2 Å². The molecule has 1 aliphatic heterocycles. The van der Waals surface area contributed by atoms with Crippen LogP contribution in [0.2, 0.25) is 10.2 Å². The summed E-state index contributed by atoms with van der Waals surface area (Å²) in [6.07, 6.45) is 1.83. The lowest BCUT2D eigenvalue weighted by Crippen LogP contribution is -2.35. The van der Waals surface area contributed by atoms with Gasteiger partial charge in [0.2, 0.25) is 10.0 Å². The second-order valence-corrected chi connectivity index (χ2v) is 6.10. The van der Waals surface area contributed by atoms with Crippen LogP contribution >= 0.6 is 23.2 Å². The van der Waals surface area contributed by atoms with Gasteiger partial charge in [-0.25, -0.2) is 18.1 Å². The Morgan fingerprint density at radius 3 is 2.82 bits per heavy atom. The molecule has 2 heterocycles. The van der Waals surface area contributed by atoms with Crippen LogP contribution in [0.4, 0.5) is 0 Å². The summed E-state index contributed by atoms with van der Waals surface area (Å²) in [5.41, 5.74) is 0. The smallest absolute Gasteiger partial charge is 0.242 e. The lowest BCUT2D eigenvalue weighted by atomic mass is 10.3. The lowest BCUT2D eigenvalue weighted by Gasteiger charge is -2.11. The number of ether oxygens (including phenoxy) is 1. The normalized spacial score (nSPS) is 20.7. The molecular weight excluding hydrogens is 287 g/mol. The number of halogens is 2. The third-order valence-corrected chi connectivity index (χ3v) is 4.51. The Morgan fingerprint density at radius 1 is 1.47 bits per heavy atom. The highest BCUT2D eigenvalue weighted by Crippen LogP contribution is 2.22. The molecule has 8 heteroatoms. The largest absolute Gasteiger partial charge is 0.380 e. The first kappa shape index (κ1) is 13.0. The summed E-state index contributed by atoms with van der Waals surface area (Å²) < 4.78 is 31.5. The quantitative estimate of drug-likeness (QED) is 0.858. The predicted octanol–water partition coefficient (Wildman–Crippen LogP) is 1.46. The summed E-state index contributed by atoms with van der Waals surface area (Å²) in [4.78, 5) is 3.70. The van der Waals surface area contributed by atoms with Gasteiger partial charge in [0.1, 0.15) is 10.0 Å². The minimum absolute atomic E-state index is 0.00111. The molecule has 1 saturated heterocycles. The summed E-state index contributed by atoms with van der Waals surface area (Å²) in [6.45, 7) is 0.945. The van der Waals surface area contributed by atoms with E-state index in [-0.39, 0.29) is 21.1 Å². The summed E-state index contributed by atoms with van der Waals surface area (Å²) in [6, 6.07) is 1.07. The molecule has 0 aromatic carbocycles. The van der Waals surface area contributed by atoms with Gasteiger partial charge < -0.3 is 4.74 Å². The first-order valence-electron chi connectivity index (χ1n) is 4.90. The molecule has 1 unspecified atom stereocenters. The molecular formula is C9H10Cl2N2O3S. The molecule has 0 amide bonds. The second kappa shape index (κ2) is 5.07. The number of hydrogen-bond acceptors (Lipinski definition) is 4. The molecule has 0 bridgehead atoms. The molecule has 1 aliphatic rings. The lowest BCUT2D eigenvalue weighted by molar-refractivity contribution is 0.192. The van der Waals surface area contributed by atoms with Crippen molar-refractivity contribution in [1.29, 1.82) is 0 Å². The summed E-state index contributed by atoms with van der Waals surface area (Å²) in [5, 5.41) is 0.187. The van der Waals surface area contributed by atoms with Crippen LogP contribution in [0.5, 0.6) is 0 Å². The van der Waals surface area contributed by atoms with Crippen molar-refractivity contribution in [3.8, 4) is 0 Å². The number of aromatic nitrogens is 1. The van der Waals surface area contributed by atoms with Crippen molar-refractivity contribution in [2.75, 3.05) is 13.2 Å². The minimum atomic E-state index is -3.62. The molecule has 1 N–H and O–H groups in total. The zero-order valence-electron chi connectivity index (χ0n) is 8.69. The summed E-state index contributed by atoms with van der Waals surface area (Å²) in [7, 11) is -3.62. The predicted molar refractivity (Wildman–Crippen MR) is 63.8 cm³/mol. The average molecular weight is 297 g/mol. The third-order valence-electron chi connectivity index (χ3n) is 2.33. The van der Waals surface area contributed by atoms with Crippen LogP contribution in [-0.2, 0) is 14.8 Å². The van der Waals surface area contributed by atoms with Crippen molar-refractivity contribution in [2.45, 2.75) is 17.4 Å². The van der Waals surface area contributed by atoms with Crippen molar-refractivity contribution >= 4 is 33.2 Å². The fraction of sp³-hybridized carbons (Fsp3) is 0.444. The Hall–Kier alpha value is -0.400. The molecule has 2 rings (SSSR count). The fourth-order valence-electron chi connectivity index (χ4n) is 1.47. The third kappa shape index (κ3) is 3.08. The van der Waals surface area contributed by atoms with E-state index in [2.05, 4.69) is 9.71 Å². The Labute approximate surface area is 109 Å². The molecule has 0 aliphatic carbocycles. The van der Waals surface area contributed by atoms with E-state index in [1.165, 1.54) is 12.3 Å². The molecule has 0 spiro atoms. The zero-order valence-corrected chi connectivity index (χ0v) is 11.0. The van der Waals surface area contributed by atoms with Gasteiger partial charge in [-0.3, -0.25) is 0 Å². The Morgan fingerprint density at radius 2 is 2.24 bits per heavy atom. The van der Waals surface area contributed by atoms with Gasteiger partial charge in [0.15, 0.2) is 0 Å². The van der Waals surface area contributed by atoms with E-state index in [1.54, 1.807) is 0 Å². The number of hydrogen-bond donors (Lipinski definition) is 1. The number of nitrogens with zero attached hydrogens (tertiary/aromatic N) is 1. The van der Waals surface area contributed by atoms with E-state index >= 15 is 0 Å². The molecule has 0 saturated carbocycles.